The molecule has 1 N–H and O–H groups in total. The number of nitrogens with zero attached hydrogens (tertiary/aromatic N) is 1. The summed E-state index contributed by atoms with van der Waals surface area (Å²) in [4.78, 5) is 30.3. The molecule has 1 atom stereocenters. The van der Waals surface area contributed by atoms with Crippen molar-refractivity contribution in [3.63, 3.8) is 0 Å². The Labute approximate surface area is 191 Å². The second-order valence-electron chi connectivity index (χ2n) is 7.66. The van der Waals surface area contributed by atoms with E-state index in [1.165, 1.54) is 0 Å². The molecule has 0 aliphatic rings. The number of ether oxygens (including phenoxy) is 1. The van der Waals surface area contributed by atoms with Gasteiger partial charge in [0.05, 0.1) is 21.6 Å². The topological polar surface area (TPSA) is 68.3 Å². The maximum absolute atomic E-state index is 13.1. The van der Waals surface area contributed by atoms with Crippen LogP contribution < -0.4 is 5.32 Å². The van der Waals surface area contributed by atoms with Gasteiger partial charge in [0, 0.05) is 17.7 Å². The van der Waals surface area contributed by atoms with Gasteiger partial charge in [0.1, 0.15) is 0 Å². The van der Waals surface area contributed by atoms with E-state index in [9.17, 15) is 9.59 Å². The predicted octanol–water partition coefficient (Wildman–Crippen LogP) is 5.77. The number of para-hydroxylation sites is 1. The van der Waals surface area contributed by atoms with Crippen LogP contribution in [0.25, 0.3) is 10.2 Å². The van der Waals surface area contributed by atoms with Crippen LogP contribution >= 0.6 is 11.3 Å². The van der Waals surface area contributed by atoms with Gasteiger partial charge in [-0.1, -0.05) is 54.6 Å². The summed E-state index contributed by atoms with van der Waals surface area (Å²) < 4.78 is 6.75. The van der Waals surface area contributed by atoms with Crippen LogP contribution in [-0.2, 0) is 20.7 Å². The molecule has 1 unspecified atom stereocenters. The Morgan fingerprint density at radius 2 is 1.75 bits per heavy atom. The molecule has 0 bridgehead atoms. The summed E-state index contributed by atoms with van der Waals surface area (Å²) in [5.41, 5.74) is 4.24. The fourth-order valence-corrected chi connectivity index (χ4v) is 4.36. The first-order valence-electron chi connectivity index (χ1n) is 10.5. The first-order chi connectivity index (χ1) is 15.5. The normalized spacial score (nSPS) is 11.8. The fourth-order valence-electron chi connectivity index (χ4n) is 3.40. The highest BCUT2D eigenvalue weighted by Gasteiger charge is 2.25. The Balaban J connectivity index is 1.47. The van der Waals surface area contributed by atoms with Gasteiger partial charge in [-0.3, -0.25) is 9.59 Å². The third-order valence-corrected chi connectivity index (χ3v) is 6.22. The highest BCUT2D eigenvalue weighted by Crippen LogP contribution is 2.25. The molecule has 0 fully saturated rings. The van der Waals surface area contributed by atoms with E-state index in [0.29, 0.717) is 17.7 Å². The van der Waals surface area contributed by atoms with Crippen molar-refractivity contribution in [2.24, 2.45) is 0 Å². The van der Waals surface area contributed by atoms with Gasteiger partial charge >= 0.3 is 5.97 Å². The van der Waals surface area contributed by atoms with Gasteiger partial charge in [-0.2, -0.15) is 0 Å². The summed E-state index contributed by atoms with van der Waals surface area (Å²) in [6, 6.07) is 22.8. The Bertz CT molecular complexity index is 1220. The third-order valence-electron chi connectivity index (χ3n) is 5.12. The van der Waals surface area contributed by atoms with Crippen molar-refractivity contribution in [3.8, 4) is 0 Å². The quantitative estimate of drug-likeness (QED) is 0.368. The molecule has 6 heteroatoms. The van der Waals surface area contributed by atoms with E-state index >= 15 is 0 Å². The van der Waals surface area contributed by atoms with E-state index in [1.54, 1.807) is 23.5 Å². The number of aromatic nitrogens is 1. The van der Waals surface area contributed by atoms with Crippen molar-refractivity contribution in [1.29, 1.82) is 0 Å². The maximum atomic E-state index is 13.1. The first-order valence-corrected chi connectivity index (χ1v) is 11.3. The molecule has 32 heavy (non-hydrogen) atoms. The number of amides is 1. The van der Waals surface area contributed by atoms with Crippen LogP contribution in [0.1, 0.15) is 34.2 Å². The maximum Gasteiger partial charge on any atom is 0.307 e. The van der Waals surface area contributed by atoms with Crippen LogP contribution in [0.3, 0.4) is 0 Å². The van der Waals surface area contributed by atoms with Gasteiger partial charge in [0.15, 0.2) is 0 Å². The number of hydrogen-bond acceptors (Lipinski definition) is 5. The molecule has 0 saturated heterocycles. The minimum atomic E-state index is -1.03. The monoisotopic (exact) mass is 444 g/mol. The highest BCUT2D eigenvalue weighted by atomic mass is 32.1. The summed E-state index contributed by atoms with van der Waals surface area (Å²) in [5.74, 6) is -0.813. The number of esters is 1. The number of benzene rings is 3. The Kier molecular flexibility index (Phi) is 6.61. The molecule has 4 rings (SSSR count). The summed E-state index contributed by atoms with van der Waals surface area (Å²) in [6.07, 6.45) is -0.406. The lowest BCUT2D eigenvalue weighted by atomic mass is 10.1. The number of hydrogen-bond donors (Lipinski definition) is 1. The predicted molar refractivity (Wildman–Crippen MR) is 128 cm³/mol. The molecule has 0 aliphatic carbocycles. The van der Waals surface area contributed by atoms with Crippen LogP contribution in [0.15, 0.2) is 72.8 Å². The lowest BCUT2D eigenvalue weighted by Gasteiger charge is -2.19. The van der Waals surface area contributed by atoms with Gasteiger partial charge in [-0.25, -0.2) is 4.98 Å². The molecular formula is C26H24N2O3S. The second kappa shape index (κ2) is 9.75. The average molecular weight is 445 g/mol. The van der Waals surface area contributed by atoms with E-state index in [4.69, 9.17) is 4.74 Å². The molecule has 162 valence electrons. The summed E-state index contributed by atoms with van der Waals surface area (Å²) in [5, 5.41) is 3.79. The summed E-state index contributed by atoms with van der Waals surface area (Å²) >= 11 is 1.57. The van der Waals surface area contributed by atoms with E-state index < -0.39 is 12.1 Å². The molecule has 4 aromatic rings. The molecular weight excluding hydrogens is 420 g/mol. The Morgan fingerprint density at radius 1 is 1.00 bits per heavy atom. The van der Waals surface area contributed by atoms with E-state index in [2.05, 4.69) is 10.3 Å². The number of anilines is 1. The van der Waals surface area contributed by atoms with Gasteiger partial charge < -0.3 is 10.1 Å². The van der Waals surface area contributed by atoms with Gasteiger partial charge in [-0.05, 0) is 43.2 Å². The Hall–Kier alpha value is -3.51. The molecule has 0 aliphatic heterocycles. The van der Waals surface area contributed by atoms with Gasteiger partial charge in [0.25, 0.3) is 5.91 Å². The second-order valence-corrected chi connectivity index (χ2v) is 8.78. The highest BCUT2D eigenvalue weighted by molar-refractivity contribution is 7.18. The van der Waals surface area contributed by atoms with Crippen LogP contribution in [0.2, 0.25) is 0 Å². The minimum Gasteiger partial charge on any atom is -0.447 e. The largest absolute Gasteiger partial charge is 0.447 e. The average Bonchev–Trinajstić information content (AvgIpc) is 3.22. The van der Waals surface area contributed by atoms with Crippen LogP contribution in [0.5, 0.6) is 0 Å². The molecule has 1 aromatic heterocycles. The van der Waals surface area contributed by atoms with E-state index in [-0.39, 0.29) is 12.3 Å². The van der Waals surface area contributed by atoms with Crippen molar-refractivity contribution in [3.05, 3.63) is 94.5 Å². The lowest BCUT2D eigenvalue weighted by molar-refractivity contribution is -0.154. The van der Waals surface area contributed by atoms with Gasteiger partial charge in [-0.15, -0.1) is 11.3 Å². The van der Waals surface area contributed by atoms with Crippen LogP contribution in [-0.4, -0.2) is 16.9 Å². The molecule has 0 spiro atoms. The SMILES string of the molecule is Cc1ccc(C)c(NC(=O)C(OC(=O)CCc2nc3ccccc3s2)c2ccccc2)c1. The summed E-state index contributed by atoms with van der Waals surface area (Å²) in [7, 11) is 0. The number of carbonyl (C=O) groups is 2. The minimum absolute atomic E-state index is 0.153. The number of carbonyl (C=O) groups excluding carboxylic acids is 2. The summed E-state index contributed by atoms with van der Waals surface area (Å²) in [6.45, 7) is 3.89. The molecule has 1 heterocycles. The zero-order chi connectivity index (χ0) is 22.5. The van der Waals surface area contributed by atoms with Crippen molar-refractivity contribution in [2.45, 2.75) is 32.8 Å². The molecule has 1 amide bonds. The van der Waals surface area contributed by atoms with E-state index in [0.717, 1.165) is 26.4 Å². The zero-order valence-electron chi connectivity index (χ0n) is 18.0. The first kappa shape index (κ1) is 21.7. The van der Waals surface area contributed by atoms with Crippen LogP contribution in [0, 0.1) is 13.8 Å². The third kappa shape index (κ3) is 5.21. The number of rotatable bonds is 7. The lowest BCUT2D eigenvalue weighted by Crippen LogP contribution is -2.26. The molecule has 0 saturated carbocycles. The van der Waals surface area contributed by atoms with E-state index in [1.807, 2.05) is 74.5 Å². The van der Waals surface area contributed by atoms with Crippen molar-refractivity contribution >= 4 is 39.1 Å². The van der Waals surface area contributed by atoms with Crippen molar-refractivity contribution in [2.75, 3.05) is 5.32 Å². The molecule has 5 nitrogen and oxygen atoms in total. The number of nitrogens with one attached hydrogen (secondary N) is 1. The van der Waals surface area contributed by atoms with Crippen LogP contribution in [0.4, 0.5) is 5.69 Å². The molecule has 3 aromatic carbocycles. The standard InChI is InChI=1S/C26H24N2O3S/c1-17-12-13-18(2)21(16-17)28-26(30)25(19-8-4-3-5-9-19)31-24(29)15-14-23-27-20-10-6-7-11-22(20)32-23/h3-13,16,25H,14-15H2,1-2H3,(H,28,30). The molecule has 0 radical (unpaired) electrons. The van der Waals surface area contributed by atoms with Gasteiger partial charge in [0.2, 0.25) is 6.10 Å². The number of thiazole rings is 1. The Morgan fingerprint density at radius 3 is 2.53 bits per heavy atom. The number of fused-ring (bicyclic) bond motifs is 1. The van der Waals surface area contributed by atoms with Crippen molar-refractivity contribution in [1.82, 2.24) is 4.98 Å². The van der Waals surface area contributed by atoms with Crippen molar-refractivity contribution < 1.29 is 14.3 Å². The number of aryl methyl sites for hydroxylation is 3. The smallest absolute Gasteiger partial charge is 0.307 e. The fraction of sp³-hybridized carbons (Fsp3) is 0.192. The zero-order valence-corrected chi connectivity index (χ0v) is 18.8.